The number of unbranched alkanes of at least 4 members (excludes halogenated alkanes) is 33. The normalized spacial score (nSPS) is 12.6. The van der Waals surface area contributed by atoms with E-state index in [9.17, 15) is 14.4 Å². The van der Waals surface area contributed by atoms with Crippen LogP contribution in [0.5, 0.6) is 0 Å². The molecule has 1 atom stereocenters. The Balaban J connectivity index is 4.42. The fourth-order valence-corrected chi connectivity index (χ4v) is 9.09. The van der Waals surface area contributed by atoms with Crippen molar-refractivity contribution in [3.05, 3.63) is 85.1 Å². The van der Waals surface area contributed by atoms with Crippen LogP contribution in [0.2, 0.25) is 0 Å². The lowest BCUT2D eigenvalue weighted by atomic mass is 10.0. The summed E-state index contributed by atoms with van der Waals surface area (Å²) in [5.41, 5.74) is 0. The summed E-state index contributed by atoms with van der Waals surface area (Å²) in [5, 5.41) is 0. The molecule has 6 heteroatoms. The van der Waals surface area contributed by atoms with Gasteiger partial charge in [-0.2, -0.15) is 0 Å². The van der Waals surface area contributed by atoms with Gasteiger partial charge in [-0.05, 0) is 96.3 Å². The fourth-order valence-electron chi connectivity index (χ4n) is 9.09. The fraction of sp³-hybridized carbons (Fsp3) is 0.754. The molecule has 0 rings (SSSR count). The summed E-state index contributed by atoms with van der Waals surface area (Å²) in [6.07, 6.45) is 82.9. The molecule has 0 saturated carbocycles. The van der Waals surface area contributed by atoms with Crippen molar-refractivity contribution in [2.24, 2.45) is 0 Å². The standard InChI is InChI=1S/C69H120O6/c1-4-7-10-13-16-19-22-25-28-31-34-35-36-39-41-44-47-50-53-56-59-62-68(71)74-65-66(75-69(72)63-60-57-54-51-48-45-42-38-33-30-27-24-21-18-15-12-9-6-3)64-73-67(70)61-58-55-52-49-46-43-40-37-32-29-26-23-20-17-14-11-8-5-2/h7,10,16,19,21,24-25,28,30,33-35,39,41,66H,4-6,8-9,11-15,17-18,20,22-23,26-27,29,31-32,36-38,40,42-65H2,1-3H3/b10-7-,19-16-,24-21-,28-25-,33-30-,35-34-,41-39-. The van der Waals surface area contributed by atoms with Crippen molar-refractivity contribution < 1.29 is 28.6 Å². The van der Waals surface area contributed by atoms with Crippen LogP contribution < -0.4 is 0 Å². The monoisotopic (exact) mass is 1040 g/mol. The van der Waals surface area contributed by atoms with Gasteiger partial charge >= 0.3 is 17.9 Å². The van der Waals surface area contributed by atoms with Gasteiger partial charge in [-0.25, -0.2) is 0 Å². The third kappa shape index (κ3) is 61.3. The summed E-state index contributed by atoms with van der Waals surface area (Å²) < 4.78 is 16.9. The SMILES string of the molecule is CC/C=C\C/C=C\C/C=C\C/C=C\C/C=C\CCCCCCCC(=O)OCC(COC(=O)CCCCCCCCCCCCCCCCCCCC)OC(=O)CCCCCCCCC/C=C\C/C=C\CCCCCC. The van der Waals surface area contributed by atoms with E-state index in [1.807, 2.05) is 0 Å². The van der Waals surface area contributed by atoms with E-state index in [-0.39, 0.29) is 31.1 Å². The van der Waals surface area contributed by atoms with E-state index in [0.29, 0.717) is 19.3 Å². The maximum Gasteiger partial charge on any atom is 0.306 e. The van der Waals surface area contributed by atoms with Gasteiger partial charge in [0.05, 0.1) is 0 Å². The summed E-state index contributed by atoms with van der Waals surface area (Å²) in [6, 6.07) is 0. The Morgan fingerprint density at radius 2 is 0.520 bits per heavy atom. The number of carbonyl (C=O) groups excluding carboxylic acids is 3. The van der Waals surface area contributed by atoms with Gasteiger partial charge in [0, 0.05) is 19.3 Å². The molecule has 6 nitrogen and oxygen atoms in total. The van der Waals surface area contributed by atoms with Crippen molar-refractivity contribution in [3.8, 4) is 0 Å². The Morgan fingerprint density at radius 1 is 0.280 bits per heavy atom. The van der Waals surface area contributed by atoms with Gasteiger partial charge in [-0.1, -0.05) is 286 Å². The molecule has 0 radical (unpaired) electrons. The van der Waals surface area contributed by atoms with Crippen molar-refractivity contribution in [3.63, 3.8) is 0 Å². The maximum absolute atomic E-state index is 12.9. The van der Waals surface area contributed by atoms with Crippen molar-refractivity contribution in [1.82, 2.24) is 0 Å². The first-order valence-corrected chi connectivity index (χ1v) is 32.1. The van der Waals surface area contributed by atoms with Crippen molar-refractivity contribution in [1.29, 1.82) is 0 Å². The molecule has 0 N–H and O–H groups in total. The van der Waals surface area contributed by atoms with E-state index in [0.717, 1.165) is 122 Å². The predicted octanol–water partition coefficient (Wildman–Crippen LogP) is 21.9. The molecule has 0 amide bonds. The first kappa shape index (κ1) is 71.6. The molecule has 0 aromatic carbocycles. The smallest absolute Gasteiger partial charge is 0.306 e. The summed E-state index contributed by atoms with van der Waals surface area (Å²) in [4.78, 5) is 38.4. The van der Waals surface area contributed by atoms with Crippen molar-refractivity contribution >= 4 is 17.9 Å². The highest BCUT2D eigenvalue weighted by atomic mass is 16.6. The van der Waals surface area contributed by atoms with Gasteiger partial charge < -0.3 is 14.2 Å². The Kier molecular flexibility index (Phi) is 60.3. The molecule has 1 unspecified atom stereocenters. The van der Waals surface area contributed by atoms with Crippen LogP contribution in [0.15, 0.2) is 85.1 Å². The van der Waals surface area contributed by atoms with Crippen LogP contribution >= 0.6 is 0 Å². The topological polar surface area (TPSA) is 78.9 Å². The molecule has 75 heavy (non-hydrogen) atoms. The molecule has 432 valence electrons. The van der Waals surface area contributed by atoms with Gasteiger partial charge in [0.1, 0.15) is 13.2 Å². The van der Waals surface area contributed by atoms with Crippen LogP contribution in [0.3, 0.4) is 0 Å². The first-order valence-electron chi connectivity index (χ1n) is 32.1. The maximum atomic E-state index is 12.9. The molecule has 0 bridgehead atoms. The Morgan fingerprint density at radius 3 is 0.827 bits per heavy atom. The lowest BCUT2D eigenvalue weighted by Gasteiger charge is -2.18. The number of hydrogen-bond donors (Lipinski definition) is 0. The summed E-state index contributed by atoms with van der Waals surface area (Å²) in [7, 11) is 0. The third-order valence-electron chi connectivity index (χ3n) is 13.9. The number of esters is 3. The molecule has 0 aliphatic heterocycles. The second-order valence-electron chi connectivity index (χ2n) is 21.3. The molecule has 0 spiro atoms. The molecule has 0 fully saturated rings. The van der Waals surface area contributed by atoms with Crippen molar-refractivity contribution in [2.45, 2.75) is 322 Å². The van der Waals surface area contributed by atoms with Crippen molar-refractivity contribution in [2.75, 3.05) is 13.2 Å². The molecule has 0 heterocycles. The van der Waals surface area contributed by atoms with Gasteiger partial charge in [0.2, 0.25) is 0 Å². The molecule has 0 aliphatic rings. The molecular formula is C69H120O6. The summed E-state index contributed by atoms with van der Waals surface area (Å²) in [6.45, 7) is 6.53. The quantitative estimate of drug-likeness (QED) is 0.0261. The van der Waals surface area contributed by atoms with Gasteiger partial charge in [0.15, 0.2) is 6.10 Å². The van der Waals surface area contributed by atoms with E-state index >= 15 is 0 Å². The zero-order chi connectivity index (χ0) is 54.3. The summed E-state index contributed by atoms with van der Waals surface area (Å²) >= 11 is 0. The van der Waals surface area contributed by atoms with E-state index in [1.54, 1.807) is 0 Å². The highest BCUT2D eigenvalue weighted by Gasteiger charge is 2.19. The Hall–Kier alpha value is -3.41. The predicted molar refractivity (Wildman–Crippen MR) is 325 cm³/mol. The number of rotatable bonds is 58. The van der Waals surface area contributed by atoms with Crippen LogP contribution in [0.4, 0.5) is 0 Å². The number of ether oxygens (including phenoxy) is 3. The van der Waals surface area contributed by atoms with Crippen LogP contribution in [0.25, 0.3) is 0 Å². The van der Waals surface area contributed by atoms with Crippen LogP contribution in [0.1, 0.15) is 316 Å². The lowest BCUT2D eigenvalue weighted by Crippen LogP contribution is -2.30. The molecule has 0 aromatic heterocycles. The zero-order valence-corrected chi connectivity index (χ0v) is 49.6. The number of carbonyl (C=O) groups is 3. The highest BCUT2D eigenvalue weighted by Crippen LogP contribution is 2.17. The van der Waals surface area contributed by atoms with E-state index in [2.05, 4.69) is 106 Å². The second-order valence-corrected chi connectivity index (χ2v) is 21.3. The lowest BCUT2D eigenvalue weighted by molar-refractivity contribution is -0.167. The molecule has 0 aliphatic carbocycles. The minimum absolute atomic E-state index is 0.0835. The van der Waals surface area contributed by atoms with Gasteiger partial charge in [-0.15, -0.1) is 0 Å². The van der Waals surface area contributed by atoms with Crippen LogP contribution in [-0.4, -0.2) is 37.2 Å². The number of hydrogen-bond acceptors (Lipinski definition) is 6. The average Bonchev–Trinajstić information content (AvgIpc) is 3.41. The van der Waals surface area contributed by atoms with Gasteiger partial charge in [0.25, 0.3) is 0 Å². The Bertz CT molecular complexity index is 1430. The van der Waals surface area contributed by atoms with E-state index in [1.165, 1.54) is 154 Å². The number of allylic oxidation sites excluding steroid dienone is 14. The highest BCUT2D eigenvalue weighted by molar-refractivity contribution is 5.71. The largest absolute Gasteiger partial charge is 0.462 e. The second kappa shape index (κ2) is 63.1. The first-order chi connectivity index (χ1) is 37.0. The molecular weight excluding hydrogens is 925 g/mol. The average molecular weight is 1050 g/mol. The third-order valence-corrected chi connectivity index (χ3v) is 13.9. The zero-order valence-electron chi connectivity index (χ0n) is 49.6. The molecule has 0 aromatic rings. The molecule has 0 saturated heterocycles. The van der Waals surface area contributed by atoms with E-state index in [4.69, 9.17) is 14.2 Å². The minimum Gasteiger partial charge on any atom is -0.462 e. The minimum atomic E-state index is -0.790. The van der Waals surface area contributed by atoms with Crippen LogP contribution in [-0.2, 0) is 28.6 Å². The Labute approximate surface area is 465 Å². The van der Waals surface area contributed by atoms with Crippen LogP contribution in [0, 0.1) is 0 Å². The van der Waals surface area contributed by atoms with E-state index < -0.39 is 6.10 Å². The van der Waals surface area contributed by atoms with Gasteiger partial charge in [-0.3, -0.25) is 14.4 Å². The summed E-state index contributed by atoms with van der Waals surface area (Å²) in [5.74, 6) is -0.896.